The summed E-state index contributed by atoms with van der Waals surface area (Å²) in [6.45, 7) is 3.47. The van der Waals surface area contributed by atoms with Gasteiger partial charge in [-0.2, -0.15) is 0 Å². The standard InChI is InChI=1S/C10H11N/c1-2-6-10(11)9-7-4-3-5-8-9/h3-8,10H,1,11H2. The average Bonchev–Trinajstić information content (AvgIpc) is 2.07. The van der Waals surface area contributed by atoms with Crippen LogP contribution in [0.1, 0.15) is 11.6 Å². The van der Waals surface area contributed by atoms with E-state index in [2.05, 4.69) is 12.3 Å². The fourth-order valence-corrected chi connectivity index (χ4v) is 0.898. The van der Waals surface area contributed by atoms with Crippen molar-refractivity contribution in [3.8, 4) is 0 Å². The van der Waals surface area contributed by atoms with Crippen molar-refractivity contribution in [3.05, 3.63) is 54.3 Å². The van der Waals surface area contributed by atoms with E-state index in [-0.39, 0.29) is 6.04 Å². The van der Waals surface area contributed by atoms with Crippen molar-refractivity contribution >= 4 is 0 Å². The molecule has 0 aromatic heterocycles. The fraction of sp³-hybridized carbons (Fsp3) is 0.100. The summed E-state index contributed by atoms with van der Waals surface area (Å²) in [4.78, 5) is 0. The summed E-state index contributed by atoms with van der Waals surface area (Å²) in [5.41, 5.74) is 9.50. The lowest BCUT2D eigenvalue weighted by molar-refractivity contribution is 0.913. The van der Waals surface area contributed by atoms with E-state index in [0.717, 1.165) is 5.56 Å². The number of hydrogen-bond acceptors (Lipinski definition) is 1. The summed E-state index contributed by atoms with van der Waals surface area (Å²) in [5, 5.41) is 0. The highest BCUT2D eigenvalue weighted by molar-refractivity contribution is 5.21. The van der Waals surface area contributed by atoms with Gasteiger partial charge in [0.05, 0.1) is 6.04 Å². The van der Waals surface area contributed by atoms with Crippen molar-refractivity contribution < 1.29 is 0 Å². The summed E-state index contributed by atoms with van der Waals surface area (Å²) in [5.74, 6) is 0. The normalized spacial score (nSPS) is 11.7. The van der Waals surface area contributed by atoms with Gasteiger partial charge in [-0.15, -0.1) is 5.73 Å². The SMILES string of the molecule is C=C=CC(N)c1ccccc1. The molecular weight excluding hydrogens is 134 g/mol. The zero-order valence-electron chi connectivity index (χ0n) is 6.33. The largest absolute Gasteiger partial charge is 0.320 e. The number of rotatable bonds is 2. The first-order valence-corrected chi connectivity index (χ1v) is 3.51. The molecule has 1 rings (SSSR count). The van der Waals surface area contributed by atoms with E-state index in [1.165, 1.54) is 0 Å². The van der Waals surface area contributed by atoms with Crippen LogP contribution in [0.2, 0.25) is 0 Å². The summed E-state index contributed by atoms with van der Waals surface area (Å²) in [6, 6.07) is 9.79. The van der Waals surface area contributed by atoms with Gasteiger partial charge in [-0.3, -0.25) is 0 Å². The van der Waals surface area contributed by atoms with Gasteiger partial charge in [0.15, 0.2) is 0 Å². The van der Waals surface area contributed by atoms with E-state index in [4.69, 9.17) is 5.73 Å². The monoisotopic (exact) mass is 145 g/mol. The lowest BCUT2D eigenvalue weighted by Crippen LogP contribution is -2.05. The molecule has 0 heterocycles. The molecule has 1 heteroatoms. The third-order valence-electron chi connectivity index (χ3n) is 1.48. The Bertz CT molecular complexity index is 257. The van der Waals surface area contributed by atoms with Crippen molar-refractivity contribution in [2.75, 3.05) is 0 Å². The predicted octanol–water partition coefficient (Wildman–Crippen LogP) is 2.03. The summed E-state index contributed by atoms with van der Waals surface area (Å²) < 4.78 is 0. The molecule has 1 atom stereocenters. The van der Waals surface area contributed by atoms with Crippen LogP contribution in [0.15, 0.2) is 48.7 Å². The zero-order chi connectivity index (χ0) is 8.10. The molecule has 0 aliphatic heterocycles. The number of nitrogens with two attached hydrogens (primary N) is 1. The van der Waals surface area contributed by atoms with E-state index in [1.807, 2.05) is 30.3 Å². The van der Waals surface area contributed by atoms with E-state index < -0.39 is 0 Å². The first kappa shape index (κ1) is 7.80. The van der Waals surface area contributed by atoms with E-state index in [9.17, 15) is 0 Å². The third-order valence-corrected chi connectivity index (χ3v) is 1.48. The molecule has 0 fully saturated rings. The van der Waals surface area contributed by atoms with Gasteiger partial charge in [0.25, 0.3) is 0 Å². The average molecular weight is 145 g/mol. The second-order valence-electron chi connectivity index (χ2n) is 2.31. The molecule has 1 nitrogen and oxygen atoms in total. The molecule has 0 spiro atoms. The van der Waals surface area contributed by atoms with Crippen LogP contribution < -0.4 is 5.73 Å². The Hall–Kier alpha value is -1.30. The second kappa shape index (κ2) is 3.77. The fourth-order valence-electron chi connectivity index (χ4n) is 0.898. The van der Waals surface area contributed by atoms with Crippen molar-refractivity contribution in [2.45, 2.75) is 6.04 Å². The maximum absolute atomic E-state index is 5.75. The maximum Gasteiger partial charge on any atom is 0.0555 e. The highest BCUT2D eigenvalue weighted by Crippen LogP contribution is 2.09. The second-order valence-corrected chi connectivity index (χ2v) is 2.31. The molecule has 1 aromatic rings. The lowest BCUT2D eigenvalue weighted by atomic mass is 10.1. The molecule has 0 aliphatic rings. The maximum atomic E-state index is 5.75. The van der Waals surface area contributed by atoms with Crippen LogP contribution in [-0.2, 0) is 0 Å². The van der Waals surface area contributed by atoms with Gasteiger partial charge < -0.3 is 5.73 Å². The first-order chi connectivity index (χ1) is 5.34. The van der Waals surface area contributed by atoms with Gasteiger partial charge in [0.1, 0.15) is 0 Å². The minimum absolute atomic E-state index is 0.0753. The Balaban J connectivity index is 2.84. The van der Waals surface area contributed by atoms with Crippen LogP contribution in [0, 0.1) is 0 Å². The molecule has 56 valence electrons. The minimum Gasteiger partial charge on any atom is -0.320 e. The van der Waals surface area contributed by atoms with Crippen molar-refractivity contribution in [1.29, 1.82) is 0 Å². The van der Waals surface area contributed by atoms with Crippen molar-refractivity contribution in [2.24, 2.45) is 5.73 Å². The van der Waals surface area contributed by atoms with E-state index in [0.29, 0.717) is 0 Å². The molecule has 1 aromatic carbocycles. The van der Waals surface area contributed by atoms with Crippen LogP contribution in [0.25, 0.3) is 0 Å². The molecule has 0 saturated heterocycles. The van der Waals surface area contributed by atoms with Gasteiger partial charge in [0, 0.05) is 0 Å². The van der Waals surface area contributed by atoms with Gasteiger partial charge in [-0.05, 0) is 11.6 Å². The molecule has 2 N–H and O–H groups in total. The van der Waals surface area contributed by atoms with Crippen molar-refractivity contribution in [1.82, 2.24) is 0 Å². The Labute approximate surface area is 66.9 Å². The highest BCUT2D eigenvalue weighted by Gasteiger charge is 1.97. The van der Waals surface area contributed by atoms with Gasteiger partial charge in [-0.1, -0.05) is 36.9 Å². The Morgan fingerprint density at radius 2 is 2.00 bits per heavy atom. The Kier molecular flexibility index (Phi) is 2.67. The summed E-state index contributed by atoms with van der Waals surface area (Å²) in [7, 11) is 0. The topological polar surface area (TPSA) is 26.0 Å². The number of hydrogen-bond donors (Lipinski definition) is 1. The molecule has 0 radical (unpaired) electrons. The quantitative estimate of drug-likeness (QED) is 0.633. The molecule has 0 amide bonds. The molecule has 0 bridgehead atoms. The summed E-state index contributed by atoms with van der Waals surface area (Å²) >= 11 is 0. The molecule has 11 heavy (non-hydrogen) atoms. The highest BCUT2D eigenvalue weighted by atomic mass is 14.6. The Morgan fingerprint density at radius 1 is 1.36 bits per heavy atom. The van der Waals surface area contributed by atoms with Crippen LogP contribution in [0.3, 0.4) is 0 Å². The van der Waals surface area contributed by atoms with Crippen LogP contribution in [-0.4, -0.2) is 0 Å². The van der Waals surface area contributed by atoms with Crippen LogP contribution in [0.5, 0.6) is 0 Å². The first-order valence-electron chi connectivity index (χ1n) is 3.51. The predicted molar refractivity (Wildman–Crippen MR) is 47.1 cm³/mol. The molecule has 1 unspecified atom stereocenters. The minimum atomic E-state index is -0.0753. The summed E-state index contributed by atoms with van der Waals surface area (Å²) in [6.07, 6.45) is 1.75. The third kappa shape index (κ3) is 2.08. The van der Waals surface area contributed by atoms with Crippen LogP contribution >= 0.6 is 0 Å². The Morgan fingerprint density at radius 3 is 2.55 bits per heavy atom. The molecular formula is C10H11N. The van der Waals surface area contributed by atoms with Crippen LogP contribution in [0.4, 0.5) is 0 Å². The lowest BCUT2D eigenvalue weighted by Gasteiger charge is -2.03. The van der Waals surface area contributed by atoms with Crippen molar-refractivity contribution in [3.63, 3.8) is 0 Å². The van der Waals surface area contributed by atoms with Gasteiger partial charge in [-0.25, -0.2) is 0 Å². The molecule has 0 aliphatic carbocycles. The van der Waals surface area contributed by atoms with E-state index >= 15 is 0 Å². The van der Waals surface area contributed by atoms with Gasteiger partial charge in [0.2, 0.25) is 0 Å². The smallest absolute Gasteiger partial charge is 0.0555 e. The van der Waals surface area contributed by atoms with E-state index in [1.54, 1.807) is 6.08 Å². The zero-order valence-corrected chi connectivity index (χ0v) is 6.33. The number of benzene rings is 1. The van der Waals surface area contributed by atoms with Gasteiger partial charge >= 0.3 is 0 Å². The molecule has 0 saturated carbocycles.